The summed E-state index contributed by atoms with van der Waals surface area (Å²) in [6.45, 7) is 11.0. The molecular weight excluding hydrogens is 811 g/mol. The molecule has 0 aromatic heterocycles. The Labute approximate surface area is 383 Å². The molecule has 1 spiro atoms. The number of methoxy groups -OCH3 is 1. The molecule has 0 N–H and O–H groups in total. The van der Waals surface area contributed by atoms with E-state index in [0.717, 1.165) is 96.4 Å². The molecule has 7 heteroatoms. The lowest BCUT2D eigenvalue weighted by Gasteiger charge is -2.40. The maximum Gasteiger partial charge on any atom is 0.178 e. The summed E-state index contributed by atoms with van der Waals surface area (Å²) in [5.74, 6) is 3.53. The normalized spacial score (nSPS) is 18.7. The molecular formula is C57H61NO5S. The van der Waals surface area contributed by atoms with Crippen molar-refractivity contribution < 1.29 is 23.7 Å². The van der Waals surface area contributed by atoms with Crippen molar-refractivity contribution in [2.24, 2.45) is 0 Å². The van der Waals surface area contributed by atoms with Crippen molar-refractivity contribution in [1.82, 2.24) is 0 Å². The molecule has 1 atom stereocenters. The monoisotopic (exact) mass is 871 g/mol. The fraction of sp³-hybridized carbons (Fsp3) is 0.368. The maximum atomic E-state index is 7.95. The van der Waals surface area contributed by atoms with Gasteiger partial charge in [0.25, 0.3) is 0 Å². The van der Waals surface area contributed by atoms with E-state index in [2.05, 4.69) is 141 Å². The Morgan fingerprint density at radius 2 is 1.39 bits per heavy atom. The van der Waals surface area contributed by atoms with Crippen LogP contribution < -0.4 is 23.8 Å². The van der Waals surface area contributed by atoms with Crippen molar-refractivity contribution in [2.75, 3.05) is 51.5 Å². The SMILES string of the molecule is CCCOc1ccc(C2(c3ccc(N4CCOCC4)cc3)C=Cc3c4c(c5cc(Sc6ccc(OC)cc6C)c(OCCC)cc5c3O2)-c2ccccc2C42CCCCCCC2)cc1. The van der Waals surface area contributed by atoms with Crippen LogP contribution in [0, 0.1) is 6.92 Å². The minimum absolute atomic E-state index is 0.117. The Kier molecular flexibility index (Phi) is 12.1. The van der Waals surface area contributed by atoms with Crippen LogP contribution in [0.5, 0.6) is 23.0 Å². The number of fused-ring (bicyclic) bond motifs is 10. The van der Waals surface area contributed by atoms with Crippen LogP contribution in [0.1, 0.15) is 105 Å². The predicted molar refractivity (Wildman–Crippen MR) is 262 cm³/mol. The van der Waals surface area contributed by atoms with E-state index >= 15 is 0 Å². The van der Waals surface area contributed by atoms with Gasteiger partial charge in [0, 0.05) is 51.2 Å². The van der Waals surface area contributed by atoms with E-state index in [4.69, 9.17) is 23.7 Å². The van der Waals surface area contributed by atoms with Crippen LogP contribution in [0.25, 0.3) is 28.0 Å². The van der Waals surface area contributed by atoms with Gasteiger partial charge in [-0.05, 0) is 126 Å². The Morgan fingerprint density at radius 1 is 0.703 bits per heavy atom. The minimum Gasteiger partial charge on any atom is -0.497 e. The number of anilines is 1. The van der Waals surface area contributed by atoms with Crippen molar-refractivity contribution in [3.63, 3.8) is 0 Å². The van der Waals surface area contributed by atoms with Gasteiger partial charge in [-0.1, -0.05) is 112 Å². The quantitative estimate of drug-likeness (QED) is 0.121. The zero-order chi connectivity index (χ0) is 43.7. The van der Waals surface area contributed by atoms with Crippen molar-refractivity contribution in [2.45, 2.75) is 99.4 Å². The molecule has 2 heterocycles. The van der Waals surface area contributed by atoms with Crippen LogP contribution in [0.2, 0.25) is 0 Å². The highest BCUT2D eigenvalue weighted by atomic mass is 32.2. The zero-order valence-electron chi connectivity index (χ0n) is 38.0. The average molecular weight is 872 g/mol. The van der Waals surface area contributed by atoms with Crippen molar-refractivity contribution in [3.8, 4) is 34.1 Å². The number of rotatable bonds is 12. The van der Waals surface area contributed by atoms with Gasteiger partial charge >= 0.3 is 0 Å². The first-order chi connectivity index (χ1) is 31.5. The lowest BCUT2D eigenvalue weighted by molar-refractivity contribution is 0.122. The van der Waals surface area contributed by atoms with Crippen molar-refractivity contribution in [3.05, 3.63) is 143 Å². The molecule has 0 radical (unpaired) electrons. The average Bonchev–Trinajstić information content (AvgIpc) is 3.62. The van der Waals surface area contributed by atoms with Gasteiger partial charge in [0.1, 0.15) is 23.0 Å². The summed E-state index contributed by atoms with van der Waals surface area (Å²) in [4.78, 5) is 4.70. The second-order valence-electron chi connectivity index (χ2n) is 18.0. The second kappa shape index (κ2) is 18.3. The number of nitrogens with zero attached hydrogens (tertiary/aromatic N) is 1. The smallest absolute Gasteiger partial charge is 0.178 e. The summed E-state index contributed by atoms with van der Waals surface area (Å²) in [5.41, 5.74) is 10.3. The first-order valence-electron chi connectivity index (χ1n) is 23.7. The Morgan fingerprint density at radius 3 is 2.11 bits per heavy atom. The Balaban J connectivity index is 1.23. The molecule has 6 aromatic rings. The molecule has 6 aromatic carbocycles. The van der Waals surface area contributed by atoms with E-state index in [0.29, 0.717) is 13.2 Å². The first kappa shape index (κ1) is 42.6. The Bertz CT molecular complexity index is 2660. The van der Waals surface area contributed by atoms with Crippen LogP contribution in [-0.2, 0) is 15.8 Å². The number of ether oxygens (including phenoxy) is 5. The molecule has 0 amide bonds. The van der Waals surface area contributed by atoms with Gasteiger partial charge in [-0.15, -0.1) is 0 Å². The van der Waals surface area contributed by atoms with E-state index in [1.165, 1.54) is 81.5 Å². The van der Waals surface area contributed by atoms with Crippen LogP contribution in [-0.4, -0.2) is 46.6 Å². The molecule has 0 bridgehead atoms. The summed E-state index contributed by atoms with van der Waals surface area (Å²) in [6.07, 6.45) is 15.1. The summed E-state index contributed by atoms with van der Waals surface area (Å²) in [6, 6.07) is 38.0. The summed E-state index contributed by atoms with van der Waals surface area (Å²) >= 11 is 1.78. The largest absolute Gasteiger partial charge is 0.497 e. The molecule has 1 saturated carbocycles. The lowest BCUT2D eigenvalue weighted by Crippen LogP contribution is -2.37. The van der Waals surface area contributed by atoms with Crippen LogP contribution in [0.15, 0.2) is 119 Å². The van der Waals surface area contributed by atoms with E-state index in [9.17, 15) is 0 Å². The standard InChI is InChI=1S/C57H61NO5S/c1-5-32-61-43-22-18-41(19-23-43)57(40-16-20-42(21-17-40)58-30-34-60-35-31-58)29-26-46-54-53(45-14-10-11-15-49(45)56(54)27-12-8-7-9-13-28-56)47-38-52(64-51-25-24-44(59-4)36-39(51)3)50(62-33-6-2)37-48(47)55(46)63-57/h10-11,14-26,29,36-38H,5-9,12-13,27-28,30-35H2,1-4H3. The number of hydrogen-bond donors (Lipinski definition) is 0. The lowest BCUT2D eigenvalue weighted by atomic mass is 9.67. The van der Waals surface area contributed by atoms with E-state index in [1.807, 2.05) is 0 Å². The minimum atomic E-state index is -0.918. The van der Waals surface area contributed by atoms with Crippen LogP contribution >= 0.6 is 11.8 Å². The van der Waals surface area contributed by atoms with Gasteiger partial charge in [-0.3, -0.25) is 0 Å². The van der Waals surface area contributed by atoms with Gasteiger partial charge in [-0.25, -0.2) is 0 Å². The predicted octanol–water partition coefficient (Wildman–Crippen LogP) is 14.1. The van der Waals surface area contributed by atoms with E-state index < -0.39 is 5.60 Å². The van der Waals surface area contributed by atoms with E-state index in [1.54, 1.807) is 18.9 Å². The van der Waals surface area contributed by atoms with Crippen molar-refractivity contribution in [1.29, 1.82) is 0 Å². The highest BCUT2D eigenvalue weighted by molar-refractivity contribution is 7.99. The molecule has 2 aliphatic carbocycles. The third kappa shape index (κ3) is 7.62. The number of benzene rings is 6. The maximum absolute atomic E-state index is 7.95. The van der Waals surface area contributed by atoms with E-state index in [-0.39, 0.29) is 5.41 Å². The first-order valence-corrected chi connectivity index (χ1v) is 24.6. The number of morpholine rings is 1. The van der Waals surface area contributed by atoms with Gasteiger partial charge in [0.2, 0.25) is 0 Å². The van der Waals surface area contributed by atoms with Gasteiger partial charge in [0.15, 0.2) is 5.60 Å². The third-order valence-electron chi connectivity index (χ3n) is 14.0. The number of hydrogen-bond acceptors (Lipinski definition) is 7. The Hall–Kier alpha value is -5.37. The second-order valence-corrected chi connectivity index (χ2v) is 19.1. The van der Waals surface area contributed by atoms with Crippen LogP contribution in [0.4, 0.5) is 5.69 Å². The fourth-order valence-electron chi connectivity index (χ4n) is 10.8. The van der Waals surface area contributed by atoms with Gasteiger partial charge in [-0.2, -0.15) is 0 Å². The third-order valence-corrected chi connectivity index (χ3v) is 15.2. The molecule has 2 fully saturated rings. The summed E-state index contributed by atoms with van der Waals surface area (Å²) in [7, 11) is 1.73. The van der Waals surface area contributed by atoms with Gasteiger partial charge < -0.3 is 28.6 Å². The molecule has 6 nitrogen and oxygen atoms in total. The molecule has 330 valence electrons. The summed E-state index contributed by atoms with van der Waals surface area (Å²) in [5, 5.41) is 2.29. The molecule has 1 saturated heterocycles. The molecule has 10 rings (SSSR count). The molecule has 2 aliphatic heterocycles. The highest BCUT2D eigenvalue weighted by Gasteiger charge is 2.48. The highest BCUT2D eigenvalue weighted by Crippen LogP contribution is 2.62. The van der Waals surface area contributed by atoms with Gasteiger partial charge in [0.05, 0.1) is 38.4 Å². The van der Waals surface area contributed by atoms with Crippen molar-refractivity contribution >= 4 is 34.3 Å². The summed E-state index contributed by atoms with van der Waals surface area (Å²) < 4.78 is 32.2. The van der Waals surface area contributed by atoms with Crippen LogP contribution in [0.3, 0.4) is 0 Å². The fourth-order valence-corrected chi connectivity index (χ4v) is 11.8. The molecule has 64 heavy (non-hydrogen) atoms. The zero-order valence-corrected chi connectivity index (χ0v) is 38.8. The topological polar surface area (TPSA) is 49.4 Å². The number of aryl methyl sites for hydroxylation is 1. The molecule has 1 unspecified atom stereocenters. The molecule has 4 aliphatic rings.